The van der Waals surface area contributed by atoms with Crippen molar-refractivity contribution in [2.75, 3.05) is 6.61 Å². The van der Waals surface area contributed by atoms with Crippen molar-refractivity contribution >= 4 is 11.9 Å². The van der Waals surface area contributed by atoms with Gasteiger partial charge in [0.25, 0.3) is 0 Å². The van der Waals surface area contributed by atoms with Gasteiger partial charge >= 0.3 is 11.9 Å². The first-order valence-corrected chi connectivity index (χ1v) is 12.0. The molecule has 0 spiro atoms. The van der Waals surface area contributed by atoms with Crippen LogP contribution < -0.4 is 0 Å². The van der Waals surface area contributed by atoms with Gasteiger partial charge in [0.2, 0.25) is 0 Å². The third kappa shape index (κ3) is 10.5. The van der Waals surface area contributed by atoms with E-state index >= 15 is 0 Å². The lowest BCUT2D eigenvalue weighted by atomic mass is 9.79. The van der Waals surface area contributed by atoms with Crippen molar-refractivity contribution in [1.82, 2.24) is 0 Å². The molecule has 0 bridgehead atoms. The molecule has 0 aromatic heterocycles. The van der Waals surface area contributed by atoms with Crippen LogP contribution in [0.2, 0.25) is 0 Å². The van der Waals surface area contributed by atoms with Gasteiger partial charge in [-0.25, -0.2) is 0 Å². The molecule has 0 heterocycles. The lowest BCUT2D eigenvalue weighted by Crippen LogP contribution is -2.36. The number of hydrogen-bond acceptors (Lipinski definition) is 4. The van der Waals surface area contributed by atoms with Gasteiger partial charge in [-0.2, -0.15) is 0 Å². The van der Waals surface area contributed by atoms with Crippen LogP contribution in [0.25, 0.3) is 0 Å². The molecular weight excluding hydrogens is 352 g/mol. The second kappa shape index (κ2) is 15.8. The van der Waals surface area contributed by atoms with Crippen molar-refractivity contribution in [1.29, 1.82) is 0 Å². The molecule has 164 valence electrons. The molecule has 0 amide bonds. The van der Waals surface area contributed by atoms with Crippen molar-refractivity contribution in [3.05, 3.63) is 0 Å². The summed E-state index contributed by atoms with van der Waals surface area (Å²) in [6, 6.07) is 0. The van der Waals surface area contributed by atoms with Crippen LogP contribution in [0.5, 0.6) is 0 Å². The Hall–Kier alpha value is -1.06. The molecule has 4 heteroatoms. The standard InChI is InChI=1S/C24H44O4/c1-4-6-7-8-9-10-11-12-13-16-19-27-23(25)21-17-14-15-18-22(21)24(26)28-20(3)5-2/h20-22H,4-19H2,1-3H3. The molecule has 1 saturated carbocycles. The van der Waals surface area contributed by atoms with Gasteiger partial charge in [0.15, 0.2) is 0 Å². The molecule has 0 N–H and O–H groups in total. The molecule has 1 aliphatic rings. The van der Waals surface area contributed by atoms with E-state index in [1.165, 1.54) is 51.4 Å². The molecule has 0 saturated heterocycles. The largest absolute Gasteiger partial charge is 0.465 e. The van der Waals surface area contributed by atoms with Crippen molar-refractivity contribution in [3.63, 3.8) is 0 Å². The molecular formula is C24H44O4. The van der Waals surface area contributed by atoms with Crippen molar-refractivity contribution in [2.45, 2.75) is 123 Å². The van der Waals surface area contributed by atoms with E-state index in [0.29, 0.717) is 6.61 Å². The minimum atomic E-state index is -0.317. The Kier molecular flexibility index (Phi) is 14.1. The first-order chi connectivity index (χ1) is 13.6. The predicted octanol–water partition coefficient (Wildman–Crippen LogP) is 6.60. The summed E-state index contributed by atoms with van der Waals surface area (Å²) in [6.07, 6.45) is 16.8. The van der Waals surface area contributed by atoms with E-state index in [9.17, 15) is 9.59 Å². The maximum atomic E-state index is 12.5. The number of hydrogen-bond donors (Lipinski definition) is 0. The molecule has 28 heavy (non-hydrogen) atoms. The summed E-state index contributed by atoms with van der Waals surface area (Å²) in [4.78, 5) is 24.9. The highest BCUT2D eigenvalue weighted by Gasteiger charge is 2.38. The molecule has 0 aromatic carbocycles. The Labute approximate surface area is 173 Å². The molecule has 0 radical (unpaired) electrons. The number of ether oxygens (including phenoxy) is 2. The van der Waals surface area contributed by atoms with E-state index in [0.717, 1.165) is 44.9 Å². The molecule has 0 aromatic rings. The maximum Gasteiger partial charge on any atom is 0.310 e. The minimum Gasteiger partial charge on any atom is -0.465 e. The van der Waals surface area contributed by atoms with Gasteiger partial charge < -0.3 is 9.47 Å². The van der Waals surface area contributed by atoms with Gasteiger partial charge in [0.05, 0.1) is 24.5 Å². The van der Waals surface area contributed by atoms with Crippen LogP contribution >= 0.6 is 0 Å². The van der Waals surface area contributed by atoms with Gasteiger partial charge in [0, 0.05) is 0 Å². The summed E-state index contributed by atoms with van der Waals surface area (Å²) in [5.41, 5.74) is 0. The number of esters is 2. The summed E-state index contributed by atoms with van der Waals surface area (Å²) in [5.74, 6) is -1.03. The number of rotatable bonds is 15. The van der Waals surface area contributed by atoms with E-state index in [4.69, 9.17) is 9.47 Å². The highest BCUT2D eigenvalue weighted by atomic mass is 16.5. The van der Waals surface area contributed by atoms with Crippen LogP contribution in [0.3, 0.4) is 0 Å². The van der Waals surface area contributed by atoms with Gasteiger partial charge in [-0.1, -0.05) is 84.5 Å². The second-order valence-corrected chi connectivity index (χ2v) is 8.50. The fraction of sp³-hybridized carbons (Fsp3) is 0.917. The lowest BCUT2D eigenvalue weighted by molar-refractivity contribution is -0.165. The highest BCUT2D eigenvalue weighted by Crippen LogP contribution is 2.32. The van der Waals surface area contributed by atoms with Crippen LogP contribution in [-0.4, -0.2) is 24.6 Å². The average Bonchev–Trinajstić information content (AvgIpc) is 2.71. The summed E-state index contributed by atoms with van der Waals surface area (Å²) in [6.45, 7) is 6.63. The van der Waals surface area contributed by atoms with E-state index in [2.05, 4.69) is 6.92 Å². The SMILES string of the molecule is CCCCCCCCCCCCOC(=O)C1CCCCC1C(=O)OC(C)CC. The number of unbranched alkanes of at least 4 members (excludes halogenated alkanes) is 9. The van der Waals surface area contributed by atoms with Crippen molar-refractivity contribution < 1.29 is 19.1 Å². The van der Waals surface area contributed by atoms with Crippen molar-refractivity contribution in [2.24, 2.45) is 11.8 Å². The highest BCUT2D eigenvalue weighted by molar-refractivity contribution is 5.82. The zero-order valence-electron chi connectivity index (χ0n) is 18.7. The first kappa shape index (κ1) is 25.0. The Morgan fingerprint density at radius 3 is 1.82 bits per heavy atom. The fourth-order valence-electron chi connectivity index (χ4n) is 3.93. The molecule has 3 atom stereocenters. The van der Waals surface area contributed by atoms with Crippen LogP contribution in [0, 0.1) is 11.8 Å². The summed E-state index contributed by atoms with van der Waals surface area (Å²) in [5, 5.41) is 0. The molecule has 4 nitrogen and oxygen atoms in total. The van der Waals surface area contributed by atoms with E-state index in [1.54, 1.807) is 0 Å². The molecule has 0 aliphatic heterocycles. The zero-order valence-corrected chi connectivity index (χ0v) is 18.7. The van der Waals surface area contributed by atoms with E-state index < -0.39 is 0 Å². The van der Waals surface area contributed by atoms with Crippen LogP contribution in [0.1, 0.15) is 117 Å². The summed E-state index contributed by atoms with van der Waals surface area (Å²) >= 11 is 0. The van der Waals surface area contributed by atoms with Crippen LogP contribution in [0.15, 0.2) is 0 Å². The van der Waals surface area contributed by atoms with Gasteiger partial charge in [-0.3, -0.25) is 9.59 Å². The third-order valence-electron chi connectivity index (χ3n) is 6.01. The quantitative estimate of drug-likeness (QED) is 0.231. The monoisotopic (exact) mass is 396 g/mol. The minimum absolute atomic E-state index is 0.0854. The Bertz CT molecular complexity index is 421. The summed E-state index contributed by atoms with van der Waals surface area (Å²) in [7, 11) is 0. The molecule has 1 rings (SSSR count). The Morgan fingerprint density at radius 2 is 1.29 bits per heavy atom. The number of carbonyl (C=O) groups excluding carboxylic acids is 2. The lowest BCUT2D eigenvalue weighted by Gasteiger charge is -2.29. The molecule has 1 fully saturated rings. The summed E-state index contributed by atoms with van der Waals surface area (Å²) < 4.78 is 11.0. The smallest absolute Gasteiger partial charge is 0.310 e. The topological polar surface area (TPSA) is 52.6 Å². The van der Waals surface area contributed by atoms with Crippen LogP contribution in [-0.2, 0) is 19.1 Å². The Balaban J connectivity index is 2.16. The third-order valence-corrected chi connectivity index (χ3v) is 6.01. The predicted molar refractivity (Wildman–Crippen MR) is 114 cm³/mol. The maximum absolute atomic E-state index is 12.5. The van der Waals surface area contributed by atoms with Gasteiger partial charge in [0.1, 0.15) is 0 Å². The molecule has 3 unspecified atom stereocenters. The van der Waals surface area contributed by atoms with Gasteiger partial charge in [-0.15, -0.1) is 0 Å². The van der Waals surface area contributed by atoms with E-state index in [1.807, 2.05) is 13.8 Å². The average molecular weight is 397 g/mol. The second-order valence-electron chi connectivity index (χ2n) is 8.50. The molecule has 1 aliphatic carbocycles. The number of carbonyl (C=O) groups is 2. The zero-order chi connectivity index (χ0) is 20.6. The first-order valence-electron chi connectivity index (χ1n) is 12.0. The Morgan fingerprint density at radius 1 is 0.786 bits per heavy atom. The van der Waals surface area contributed by atoms with Gasteiger partial charge in [-0.05, 0) is 32.6 Å². The van der Waals surface area contributed by atoms with Crippen molar-refractivity contribution in [3.8, 4) is 0 Å². The fourth-order valence-corrected chi connectivity index (χ4v) is 3.93. The van der Waals surface area contributed by atoms with Crippen LogP contribution in [0.4, 0.5) is 0 Å². The van der Waals surface area contributed by atoms with E-state index in [-0.39, 0.29) is 29.9 Å². The normalized spacial score (nSPS) is 20.5.